The van der Waals surface area contributed by atoms with Crippen molar-refractivity contribution in [3.8, 4) is 0 Å². The average Bonchev–Trinajstić information content (AvgIpc) is 2.27. The zero-order valence-corrected chi connectivity index (χ0v) is 10.2. The fourth-order valence-corrected chi connectivity index (χ4v) is 3.70. The molecule has 1 aromatic rings. The van der Waals surface area contributed by atoms with Crippen molar-refractivity contribution in [1.82, 2.24) is 4.31 Å². The number of nitrogens with zero attached hydrogens (tertiary/aromatic N) is 1. The summed E-state index contributed by atoms with van der Waals surface area (Å²) in [6.07, 6.45) is 0. The maximum Gasteiger partial charge on any atom is 0.301 e. The molecule has 98 valence electrons. The molecule has 1 aromatic carbocycles. The maximum absolute atomic E-state index is 13.3. The van der Waals surface area contributed by atoms with Crippen molar-refractivity contribution in [2.75, 3.05) is 19.7 Å². The Morgan fingerprint density at radius 3 is 2.22 bits per heavy atom. The smallest absolute Gasteiger partial charge is 0.301 e. The normalized spacial score (nSPS) is 25.4. The molecule has 7 heteroatoms. The number of hydrogen-bond donors (Lipinski definition) is 0. The van der Waals surface area contributed by atoms with Crippen LogP contribution in [0.25, 0.3) is 0 Å². The van der Waals surface area contributed by atoms with E-state index in [2.05, 4.69) is 0 Å². The first-order valence-electron chi connectivity index (χ1n) is 5.44. The highest BCUT2D eigenvalue weighted by molar-refractivity contribution is 7.89. The summed E-state index contributed by atoms with van der Waals surface area (Å²) in [5.74, 6) is -2.92. The number of halogens is 2. The topological polar surface area (TPSA) is 46.6 Å². The zero-order valence-electron chi connectivity index (χ0n) is 9.34. The predicted octanol–water partition coefficient (Wildman–Crippen LogP) is 1.10. The van der Waals surface area contributed by atoms with E-state index in [9.17, 15) is 17.2 Å². The lowest BCUT2D eigenvalue weighted by molar-refractivity contribution is -0.357. The molecule has 2 fully saturated rings. The first-order valence-corrected chi connectivity index (χ1v) is 6.88. The third-order valence-corrected chi connectivity index (χ3v) is 5.25. The number of hydrogen-bond acceptors (Lipinski definition) is 3. The van der Waals surface area contributed by atoms with Gasteiger partial charge in [0, 0.05) is 0 Å². The Kier molecular flexibility index (Phi) is 2.33. The molecule has 1 spiro atoms. The molecule has 0 unspecified atom stereocenters. The highest BCUT2D eigenvalue weighted by atomic mass is 32.2. The third kappa shape index (κ3) is 1.44. The summed E-state index contributed by atoms with van der Waals surface area (Å²) in [5.41, 5.74) is -1.59. The molecule has 0 aliphatic carbocycles. The molecule has 0 bridgehead atoms. The van der Waals surface area contributed by atoms with Crippen LogP contribution < -0.4 is 0 Å². The van der Waals surface area contributed by atoms with Gasteiger partial charge in [0.15, 0.2) is 5.60 Å². The van der Waals surface area contributed by atoms with Crippen molar-refractivity contribution in [3.63, 3.8) is 0 Å². The van der Waals surface area contributed by atoms with E-state index in [0.29, 0.717) is 0 Å². The number of alkyl halides is 2. The van der Waals surface area contributed by atoms with Gasteiger partial charge in [-0.05, 0) is 12.1 Å². The molecule has 2 saturated heterocycles. The molecule has 0 saturated carbocycles. The van der Waals surface area contributed by atoms with Crippen LogP contribution in [0.5, 0.6) is 0 Å². The Balaban J connectivity index is 1.80. The van der Waals surface area contributed by atoms with Crippen LogP contribution in [-0.2, 0) is 14.8 Å². The van der Waals surface area contributed by atoms with Gasteiger partial charge >= 0.3 is 5.92 Å². The van der Waals surface area contributed by atoms with Crippen molar-refractivity contribution in [2.24, 2.45) is 0 Å². The molecule has 2 aliphatic heterocycles. The molecule has 4 nitrogen and oxygen atoms in total. The minimum Gasteiger partial charge on any atom is -0.359 e. The van der Waals surface area contributed by atoms with Gasteiger partial charge in [-0.15, -0.1) is 0 Å². The monoisotopic (exact) mass is 275 g/mol. The second-order valence-corrected chi connectivity index (χ2v) is 6.51. The van der Waals surface area contributed by atoms with Gasteiger partial charge in [-0.2, -0.15) is 4.31 Å². The van der Waals surface area contributed by atoms with Crippen LogP contribution in [-0.4, -0.2) is 43.9 Å². The van der Waals surface area contributed by atoms with Gasteiger partial charge in [0.25, 0.3) is 0 Å². The molecule has 0 amide bonds. The van der Waals surface area contributed by atoms with E-state index < -0.39 is 28.2 Å². The molecule has 0 atom stereocenters. The van der Waals surface area contributed by atoms with Crippen molar-refractivity contribution >= 4 is 10.0 Å². The summed E-state index contributed by atoms with van der Waals surface area (Å²) in [6.45, 7) is -1.18. The Hall–Kier alpha value is -1.05. The van der Waals surface area contributed by atoms with E-state index >= 15 is 0 Å². The lowest BCUT2D eigenvalue weighted by Gasteiger charge is -2.57. The Labute approximate surface area is 103 Å². The first-order chi connectivity index (χ1) is 8.37. The number of benzene rings is 1. The second kappa shape index (κ2) is 3.49. The summed E-state index contributed by atoms with van der Waals surface area (Å²) in [6, 6.07) is 7.77. The standard InChI is InChI=1S/C11H11F2NO3S/c12-11(13)8-17-10(11)6-14(7-10)18(15,16)9-4-2-1-3-5-9/h1-5H,6-8H2. The van der Waals surface area contributed by atoms with E-state index in [1.165, 1.54) is 12.1 Å². The number of ether oxygens (including phenoxy) is 1. The number of sulfonamides is 1. The largest absolute Gasteiger partial charge is 0.359 e. The van der Waals surface area contributed by atoms with Crippen molar-refractivity contribution < 1.29 is 21.9 Å². The van der Waals surface area contributed by atoms with Crippen LogP contribution in [0.3, 0.4) is 0 Å². The fourth-order valence-electron chi connectivity index (χ4n) is 2.14. The van der Waals surface area contributed by atoms with Crippen LogP contribution in [0.4, 0.5) is 8.78 Å². The molecule has 2 aliphatic rings. The van der Waals surface area contributed by atoms with E-state index in [0.717, 1.165) is 4.31 Å². The van der Waals surface area contributed by atoms with E-state index in [4.69, 9.17) is 4.74 Å². The van der Waals surface area contributed by atoms with Gasteiger partial charge in [-0.25, -0.2) is 17.2 Å². The Morgan fingerprint density at radius 1 is 1.17 bits per heavy atom. The van der Waals surface area contributed by atoms with Crippen LogP contribution in [0, 0.1) is 0 Å². The van der Waals surface area contributed by atoms with Gasteiger partial charge in [0.1, 0.15) is 6.61 Å². The minimum absolute atomic E-state index is 0.113. The van der Waals surface area contributed by atoms with E-state index in [1.807, 2.05) is 0 Å². The van der Waals surface area contributed by atoms with Gasteiger partial charge in [-0.3, -0.25) is 0 Å². The fraction of sp³-hybridized carbons (Fsp3) is 0.455. The van der Waals surface area contributed by atoms with Crippen LogP contribution in [0.2, 0.25) is 0 Å². The highest BCUT2D eigenvalue weighted by Gasteiger charge is 2.71. The molecule has 0 N–H and O–H groups in total. The summed E-state index contributed by atoms with van der Waals surface area (Å²) in [7, 11) is -3.68. The minimum atomic E-state index is -3.68. The molecule has 0 radical (unpaired) electrons. The highest BCUT2D eigenvalue weighted by Crippen LogP contribution is 2.49. The third-order valence-electron chi connectivity index (χ3n) is 3.44. The van der Waals surface area contributed by atoms with Crippen LogP contribution in [0.1, 0.15) is 0 Å². The van der Waals surface area contributed by atoms with Gasteiger partial charge in [-0.1, -0.05) is 18.2 Å². The molecule has 18 heavy (non-hydrogen) atoms. The zero-order chi connectivity index (χ0) is 13.0. The second-order valence-electron chi connectivity index (χ2n) is 4.57. The van der Waals surface area contributed by atoms with Crippen LogP contribution >= 0.6 is 0 Å². The van der Waals surface area contributed by atoms with Crippen molar-refractivity contribution in [1.29, 1.82) is 0 Å². The van der Waals surface area contributed by atoms with Crippen molar-refractivity contribution in [2.45, 2.75) is 16.4 Å². The number of rotatable bonds is 2. The van der Waals surface area contributed by atoms with E-state index in [-0.39, 0.29) is 18.0 Å². The lowest BCUT2D eigenvalue weighted by Crippen LogP contribution is -2.79. The summed E-state index contributed by atoms with van der Waals surface area (Å²) in [4.78, 5) is 0.113. The summed E-state index contributed by atoms with van der Waals surface area (Å²) >= 11 is 0. The lowest BCUT2D eigenvalue weighted by atomic mass is 9.84. The van der Waals surface area contributed by atoms with Crippen LogP contribution in [0.15, 0.2) is 35.2 Å². The molecular formula is C11H11F2NO3S. The maximum atomic E-state index is 13.3. The SMILES string of the molecule is O=S(=O)(c1ccccc1)N1CC2(C1)OCC2(F)F. The molecule has 2 heterocycles. The quantitative estimate of drug-likeness (QED) is 0.812. The molecular weight excluding hydrogens is 264 g/mol. The molecule has 3 rings (SSSR count). The summed E-state index contributed by atoms with van der Waals surface area (Å²) < 4.78 is 56.6. The molecule has 0 aromatic heterocycles. The van der Waals surface area contributed by atoms with Gasteiger partial charge in [0.05, 0.1) is 18.0 Å². The summed E-state index contributed by atoms with van der Waals surface area (Å²) in [5, 5.41) is 0. The van der Waals surface area contributed by atoms with E-state index in [1.54, 1.807) is 18.2 Å². The van der Waals surface area contributed by atoms with Gasteiger partial charge < -0.3 is 4.74 Å². The predicted molar refractivity (Wildman–Crippen MR) is 58.8 cm³/mol. The van der Waals surface area contributed by atoms with Gasteiger partial charge in [0.2, 0.25) is 10.0 Å². The Morgan fingerprint density at radius 2 is 1.78 bits per heavy atom. The first kappa shape index (κ1) is 12.0. The van der Waals surface area contributed by atoms with Crippen molar-refractivity contribution in [3.05, 3.63) is 30.3 Å². The Bertz CT molecular complexity index is 567. The average molecular weight is 275 g/mol.